The topological polar surface area (TPSA) is 82.0 Å². The summed E-state index contributed by atoms with van der Waals surface area (Å²) in [4.78, 5) is 16.2. The van der Waals surface area contributed by atoms with Crippen molar-refractivity contribution in [2.24, 2.45) is 5.10 Å². The van der Waals surface area contributed by atoms with Crippen LogP contribution in [0, 0.1) is 6.92 Å². The zero-order chi connectivity index (χ0) is 17.5. The van der Waals surface area contributed by atoms with Gasteiger partial charge in [-0.2, -0.15) is 5.10 Å². The smallest absolute Gasteiger partial charge is 0.350 e. The molecule has 7 nitrogen and oxygen atoms in total. The molecule has 1 heterocycles. The molecular weight excluding hydrogens is 330 g/mol. The number of carbonyl (C=O) groups is 1. The maximum atomic E-state index is 11.6. The molecule has 128 valence electrons. The Bertz CT molecular complexity index is 743. The van der Waals surface area contributed by atoms with Crippen molar-refractivity contribution in [3.8, 4) is 11.5 Å². The quantitative estimate of drug-likeness (QED) is 0.470. The van der Waals surface area contributed by atoms with E-state index >= 15 is 0 Å². The fourth-order valence-corrected chi connectivity index (χ4v) is 2.76. The molecule has 24 heavy (non-hydrogen) atoms. The zero-order valence-corrected chi connectivity index (χ0v) is 14.8. The van der Waals surface area contributed by atoms with Crippen molar-refractivity contribution >= 4 is 28.7 Å². The van der Waals surface area contributed by atoms with Gasteiger partial charge >= 0.3 is 5.97 Å². The highest BCUT2D eigenvalue weighted by molar-refractivity contribution is 7.17. The number of aryl methyl sites for hydroxylation is 1. The van der Waals surface area contributed by atoms with Crippen LogP contribution in [-0.2, 0) is 4.74 Å². The Labute approximate surface area is 144 Å². The van der Waals surface area contributed by atoms with Gasteiger partial charge in [-0.15, -0.1) is 0 Å². The normalized spacial score (nSPS) is 10.7. The van der Waals surface area contributed by atoms with E-state index in [1.165, 1.54) is 18.4 Å². The van der Waals surface area contributed by atoms with E-state index < -0.39 is 5.97 Å². The molecule has 2 aromatic rings. The van der Waals surface area contributed by atoms with E-state index in [0.29, 0.717) is 33.8 Å². The first kappa shape index (κ1) is 17.7. The van der Waals surface area contributed by atoms with Crippen molar-refractivity contribution in [3.05, 3.63) is 34.3 Å². The van der Waals surface area contributed by atoms with Gasteiger partial charge in [0.15, 0.2) is 11.5 Å². The van der Waals surface area contributed by atoms with Crippen LogP contribution in [0.1, 0.15) is 27.9 Å². The maximum Gasteiger partial charge on any atom is 0.350 e. The average molecular weight is 349 g/mol. The van der Waals surface area contributed by atoms with Crippen LogP contribution in [0.4, 0.5) is 5.13 Å². The molecule has 0 unspecified atom stereocenters. The number of aromatic nitrogens is 1. The van der Waals surface area contributed by atoms with Crippen LogP contribution < -0.4 is 14.9 Å². The molecule has 0 amide bonds. The van der Waals surface area contributed by atoms with E-state index in [9.17, 15) is 4.79 Å². The molecule has 1 aromatic carbocycles. The number of methoxy groups -OCH3 is 2. The summed E-state index contributed by atoms with van der Waals surface area (Å²) in [7, 11) is 2.93. The van der Waals surface area contributed by atoms with Crippen LogP contribution in [-0.4, -0.2) is 38.0 Å². The zero-order valence-electron chi connectivity index (χ0n) is 14.0. The second-order valence-electron chi connectivity index (χ2n) is 4.64. The fourth-order valence-electron chi connectivity index (χ4n) is 1.93. The number of carbonyl (C=O) groups excluding carboxylic acids is 1. The largest absolute Gasteiger partial charge is 0.493 e. The molecule has 0 fully saturated rings. The van der Waals surface area contributed by atoms with Crippen molar-refractivity contribution in [1.29, 1.82) is 0 Å². The number of benzene rings is 1. The number of hydrogen-bond acceptors (Lipinski definition) is 8. The Morgan fingerprint density at radius 3 is 2.83 bits per heavy atom. The van der Waals surface area contributed by atoms with Crippen LogP contribution in [0.2, 0.25) is 0 Å². The number of anilines is 1. The van der Waals surface area contributed by atoms with Crippen LogP contribution in [0.15, 0.2) is 23.3 Å². The molecule has 1 N–H and O–H groups in total. The lowest BCUT2D eigenvalue weighted by Gasteiger charge is -2.09. The lowest BCUT2D eigenvalue weighted by Crippen LogP contribution is -1.99. The van der Waals surface area contributed by atoms with Crippen molar-refractivity contribution in [2.45, 2.75) is 13.8 Å². The van der Waals surface area contributed by atoms with Crippen molar-refractivity contribution in [2.75, 3.05) is 26.3 Å². The highest BCUT2D eigenvalue weighted by atomic mass is 32.1. The monoisotopic (exact) mass is 349 g/mol. The van der Waals surface area contributed by atoms with Crippen LogP contribution in [0.3, 0.4) is 0 Å². The molecular formula is C16H19N3O4S. The summed E-state index contributed by atoms with van der Waals surface area (Å²) in [6.07, 6.45) is 1.63. The SMILES string of the molecule is CCOc1ccc(/C=N/Nc2nc(C)c(C(=O)OC)s2)cc1OC. The van der Waals surface area contributed by atoms with Gasteiger partial charge < -0.3 is 14.2 Å². The van der Waals surface area contributed by atoms with E-state index in [1.54, 1.807) is 20.2 Å². The highest BCUT2D eigenvalue weighted by Gasteiger charge is 2.15. The van der Waals surface area contributed by atoms with Crippen LogP contribution in [0.25, 0.3) is 0 Å². The van der Waals surface area contributed by atoms with E-state index in [1.807, 2.05) is 25.1 Å². The van der Waals surface area contributed by atoms with E-state index in [0.717, 1.165) is 5.56 Å². The Hall–Kier alpha value is -2.61. The summed E-state index contributed by atoms with van der Waals surface area (Å²) in [5, 5.41) is 4.64. The molecule has 8 heteroatoms. The predicted octanol–water partition coefficient (Wildman–Crippen LogP) is 3.09. The fraction of sp³-hybridized carbons (Fsp3) is 0.312. The van der Waals surface area contributed by atoms with Gasteiger partial charge in [0.1, 0.15) is 4.88 Å². The first-order chi connectivity index (χ1) is 11.6. The molecule has 2 rings (SSSR count). The summed E-state index contributed by atoms with van der Waals surface area (Å²) in [6.45, 7) is 4.23. The maximum absolute atomic E-state index is 11.6. The third-order valence-corrected chi connectivity index (χ3v) is 4.07. The predicted molar refractivity (Wildman–Crippen MR) is 93.6 cm³/mol. The van der Waals surface area contributed by atoms with Crippen molar-refractivity contribution in [3.63, 3.8) is 0 Å². The molecule has 0 saturated heterocycles. The van der Waals surface area contributed by atoms with Gasteiger partial charge in [0.05, 0.1) is 32.7 Å². The Morgan fingerprint density at radius 2 is 2.17 bits per heavy atom. The Balaban J connectivity index is 2.08. The first-order valence-electron chi connectivity index (χ1n) is 7.24. The summed E-state index contributed by atoms with van der Waals surface area (Å²) < 4.78 is 15.5. The second-order valence-corrected chi connectivity index (χ2v) is 5.64. The van der Waals surface area contributed by atoms with Gasteiger partial charge in [0.25, 0.3) is 0 Å². The molecule has 0 saturated carbocycles. The molecule has 0 radical (unpaired) electrons. The molecule has 0 bridgehead atoms. The van der Waals surface area contributed by atoms with Gasteiger partial charge in [-0.1, -0.05) is 11.3 Å². The minimum atomic E-state index is -0.404. The number of hydrazone groups is 1. The summed E-state index contributed by atoms with van der Waals surface area (Å²) in [5.41, 5.74) is 4.25. The number of rotatable bonds is 7. The molecule has 1 aromatic heterocycles. The number of ether oxygens (including phenoxy) is 3. The van der Waals surface area contributed by atoms with Gasteiger partial charge in [0, 0.05) is 0 Å². The summed E-state index contributed by atoms with van der Waals surface area (Å²) >= 11 is 1.19. The Morgan fingerprint density at radius 1 is 1.38 bits per heavy atom. The lowest BCUT2D eigenvalue weighted by molar-refractivity contribution is 0.0605. The molecule has 0 aliphatic heterocycles. The van der Waals surface area contributed by atoms with E-state index in [-0.39, 0.29) is 0 Å². The second kappa shape index (κ2) is 8.30. The molecule has 0 aliphatic carbocycles. The number of esters is 1. The minimum Gasteiger partial charge on any atom is -0.493 e. The standard InChI is InChI=1S/C16H19N3O4S/c1-5-23-12-7-6-11(8-13(12)21-3)9-17-19-16-18-10(2)14(24-16)15(20)22-4/h6-9H,5H2,1-4H3,(H,18,19)/b17-9+. The molecule has 0 atom stereocenters. The van der Waals surface area contributed by atoms with Gasteiger partial charge in [-0.25, -0.2) is 9.78 Å². The van der Waals surface area contributed by atoms with Gasteiger partial charge in [-0.3, -0.25) is 5.43 Å². The lowest BCUT2D eigenvalue weighted by atomic mass is 10.2. The van der Waals surface area contributed by atoms with Crippen LogP contribution in [0.5, 0.6) is 11.5 Å². The first-order valence-corrected chi connectivity index (χ1v) is 8.06. The van der Waals surface area contributed by atoms with E-state index in [2.05, 4.69) is 15.5 Å². The molecule has 0 aliphatic rings. The average Bonchev–Trinajstić information content (AvgIpc) is 2.96. The summed E-state index contributed by atoms with van der Waals surface area (Å²) in [6, 6.07) is 5.52. The number of nitrogens with zero attached hydrogens (tertiary/aromatic N) is 2. The van der Waals surface area contributed by atoms with Gasteiger partial charge in [-0.05, 0) is 37.6 Å². The highest BCUT2D eigenvalue weighted by Crippen LogP contribution is 2.27. The number of thiazole rings is 1. The van der Waals surface area contributed by atoms with Gasteiger partial charge in [0.2, 0.25) is 5.13 Å². The number of hydrogen-bond donors (Lipinski definition) is 1. The van der Waals surface area contributed by atoms with Crippen molar-refractivity contribution in [1.82, 2.24) is 4.98 Å². The third kappa shape index (κ3) is 4.23. The Kier molecular flexibility index (Phi) is 6.14. The summed E-state index contributed by atoms with van der Waals surface area (Å²) in [5.74, 6) is 0.917. The third-order valence-electron chi connectivity index (χ3n) is 3.03. The minimum absolute atomic E-state index is 0.404. The van der Waals surface area contributed by atoms with Crippen LogP contribution >= 0.6 is 11.3 Å². The van der Waals surface area contributed by atoms with Crippen molar-refractivity contribution < 1.29 is 19.0 Å². The van der Waals surface area contributed by atoms with E-state index in [4.69, 9.17) is 14.2 Å². The number of nitrogens with one attached hydrogen (secondary N) is 1. The molecule has 0 spiro atoms.